The van der Waals surface area contributed by atoms with E-state index in [1.165, 1.54) is 0 Å². The lowest BCUT2D eigenvalue weighted by Crippen LogP contribution is -2.12. The van der Waals surface area contributed by atoms with Crippen LogP contribution in [0, 0.1) is 0 Å². The normalized spacial score (nSPS) is 10.6. The Labute approximate surface area is 148 Å². The fourth-order valence-corrected chi connectivity index (χ4v) is 2.73. The molecule has 0 aliphatic heterocycles. The summed E-state index contributed by atoms with van der Waals surface area (Å²) in [5.74, 6) is 1.78. The molecule has 128 valence electrons. The van der Waals surface area contributed by atoms with E-state index in [2.05, 4.69) is 33.6 Å². The molecule has 0 fully saturated rings. The zero-order valence-electron chi connectivity index (χ0n) is 14.6. The minimum Gasteiger partial charge on any atom is -0.494 e. The van der Waals surface area contributed by atoms with Crippen LogP contribution in [0.2, 0.25) is 0 Å². The lowest BCUT2D eigenvalue weighted by Gasteiger charge is -2.20. The van der Waals surface area contributed by atoms with Crippen LogP contribution in [0.25, 0.3) is 10.9 Å². The van der Waals surface area contributed by atoms with Crippen LogP contribution in [0.3, 0.4) is 0 Å². The number of hydrogen-bond acceptors (Lipinski definition) is 4. The van der Waals surface area contributed by atoms with Crippen molar-refractivity contribution in [1.29, 1.82) is 0 Å². The average molecular weight is 333 g/mol. The third-order valence-electron chi connectivity index (χ3n) is 4.13. The summed E-state index contributed by atoms with van der Waals surface area (Å²) >= 11 is 0. The summed E-state index contributed by atoms with van der Waals surface area (Å²) in [6, 6.07) is 16.1. The Morgan fingerprint density at radius 3 is 2.64 bits per heavy atom. The highest BCUT2D eigenvalue weighted by Crippen LogP contribution is 2.29. The maximum Gasteiger partial charge on any atom is 0.144 e. The summed E-state index contributed by atoms with van der Waals surface area (Å²) in [5.41, 5.74) is 2.00. The molecule has 1 heterocycles. The highest BCUT2D eigenvalue weighted by molar-refractivity contribution is 5.91. The summed E-state index contributed by atoms with van der Waals surface area (Å²) in [6.45, 7) is 4.47. The van der Waals surface area contributed by atoms with Gasteiger partial charge in [-0.3, -0.25) is 0 Å². The number of ether oxygens (including phenoxy) is 1. The van der Waals surface area contributed by atoms with Gasteiger partial charge in [-0.1, -0.05) is 18.2 Å². The molecule has 2 aromatic carbocycles. The molecule has 0 aliphatic carbocycles. The van der Waals surface area contributed by atoms with Crippen molar-refractivity contribution in [2.45, 2.75) is 19.3 Å². The molecule has 3 rings (SSSR count). The molecular weight excluding hydrogens is 310 g/mol. The zero-order valence-corrected chi connectivity index (χ0v) is 14.6. The van der Waals surface area contributed by atoms with Gasteiger partial charge in [0.2, 0.25) is 0 Å². The Balaban J connectivity index is 1.70. The first-order valence-electron chi connectivity index (χ1n) is 8.57. The average Bonchev–Trinajstić information content (AvgIpc) is 2.67. The number of rotatable bonds is 8. The molecule has 0 bridgehead atoms. The number of nitrogens with zero attached hydrogens (tertiary/aromatic N) is 3. The van der Waals surface area contributed by atoms with Gasteiger partial charge >= 0.3 is 0 Å². The molecule has 4 nitrogen and oxygen atoms in total. The summed E-state index contributed by atoms with van der Waals surface area (Å²) in [6.07, 6.45) is 6.75. The van der Waals surface area contributed by atoms with Crippen molar-refractivity contribution in [1.82, 2.24) is 9.97 Å². The van der Waals surface area contributed by atoms with Gasteiger partial charge in [0.25, 0.3) is 0 Å². The van der Waals surface area contributed by atoms with Crippen molar-refractivity contribution in [2.75, 3.05) is 18.6 Å². The van der Waals surface area contributed by atoms with Crippen LogP contribution in [-0.2, 0) is 0 Å². The van der Waals surface area contributed by atoms with Crippen LogP contribution < -0.4 is 9.64 Å². The minimum absolute atomic E-state index is 0.736. The number of unbranched alkanes of at least 4 members (excludes halogenated alkanes) is 2. The molecule has 1 aromatic heterocycles. The van der Waals surface area contributed by atoms with Gasteiger partial charge in [0.15, 0.2) is 0 Å². The fourth-order valence-electron chi connectivity index (χ4n) is 2.73. The minimum atomic E-state index is 0.736. The molecule has 0 aliphatic rings. The number of fused-ring (bicyclic) bond motifs is 1. The molecular formula is C21H23N3O. The lowest BCUT2D eigenvalue weighted by atomic mass is 10.2. The van der Waals surface area contributed by atoms with Gasteiger partial charge in [-0.25, -0.2) is 9.97 Å². The standard InChI is InChI=1S/C21H23N3O/c1-3-4-5-8-15-25-18-13-11-17(12-14-18)24(2)21-19-9-6-7-10-20(19)22-16-23-21/h3,6-7,9-14,16H,1,4-5,8,15H2,2H3. The first kappa shape index (κ1) is 17.0. The van der Waals surface area contributed by atoms with Crippen molar-refractivity contribution < 1.29 is 4.74 Å². The van der Waals surface area contributed by atoms with E-state index in [9.17, 15) is 0 Å². The first-order valence-corrected chi connectivity index (χ1v) is 8.57. The van der Waals surface area contributed by atoms with Crippen molar-refractivity contribution in [3.8, 4) is 5.75 Å². The largest absolute Gasteiger partial charge is 0.494 e. The zero-order chi connectivity index (χ0) is 17.5. The highest BCUT2D eigenvalue weighted by Gasteiger charge is 2.10. The number of benzene rings is 2. The third kappa shape index (κ3) is 4.15. The quantitative estimate of drug-likeness (QED) is 0.423. The monoisotopic (exact) mass is 333 g/mol. The van der Waals surface area contributed by atoms with Crippen LogP contribution in [-0.4, -0.2) is 23.6 Å². The Hall–Kier alpha value is -2.88. The van der Waals surface area contributed by atoms with Gasteiger partial charge < -0.3 is 9.64 Å². The van der Waals surface area contributed by atoms with E-state index in [-0.39, 0.29) is 0 Å². The van der Waals surface area contributed by atoms with Crippen LogP contribution in [0.5, 0.6) is 5.75 Å². The Kier molecular flexibility index (Phi) is 5.62. The van der Waals surface area contributed by atoms with Gasteiger partial charge in [0.1, 0.15) is 17.9 Å². The van der Waals surface area contributed by atoms with E-state index in [1.54, 1.807) is 6.33 Å². The molecule has 25 heavy (non-hydrogen) atoms. The molecule has 0 radical (unpaired) electrons. The molecule has 0 amide bonds. The van der Waals surface area contributed by atoms with E-state index in [0.29, 0.717) is 0 Å². The Morgan fingerprint density at radius 1 is 1.04 bits per heavy atom. The Bertz CT molecular complexity index is 825. The van der Waals surface area contributed by atoms with E-state index < -0.39 is 0 Å². The number of hydrogen-bond donors (Lipinski definition) is 0. The molecule has 4 heteroatoms. The first-order chi connectivity index (χ1) is 12.3. The van der Waals surface area contributed by atoms with Crippen molar-refractivity contribution in [3.05, 3.63) is 67.5 Å². The summed E-state index contributed by atoms with van der Waals surface area (Å²) in [4.78, 5) is 10.8. The van der Waals surface area contributed by atoms with Crippen molar-refractivity contribution >= 4 is 22.4 Å². The second kappa shape index (κ2) is 8.29. The molecule has 0 saturated carbocycles. The molecule has 0 N–H and O–H groups in total. The van der Waals surface area contributed by atoms with Crippen LogP contribution in [0.15, 0.2) is 67.5 Å². The Morgan fingerprint density at radius 2 is 1.84 bits per heavy atom. The molecule has 0 saturated heterocycles. The molecule has 0 atom stereocenters. The number of aromatic nitrogens is 2. The highest BCUT2D eigenvalue weighted by atomic mass is 16.5. The van der Waals surface area contributed by atoms with Gasteiger partial charge in [-0.15, -0.1) is 6.58 Å². The van der Waals surface area contributed by atoms with Crippen LogP contribution in [0.1, 0.15) is 19.3 Å². The number of para-hydroxylation sites is 1. The van der Waals surface area contributed by atoms with Crippen LogP contribution >= 0.6 is 0 Å². The summed E-state index contributed by atoms with van der Waals surface area (Å²) in [5, 5.41) is 1.04. The smallest absolute Gasteiger partial charge is 0.144 e. The van der Waals surface area contributed by atoms with E-state index in [0.717, 1.165) is 54.0 Å². The van der Waals surface area contributed by atoms with Gasteiger partial charge in [-0.2, -0.15) is 0 Å². The summed E-state index contributed by atoms with van der Waals surface area (Å²) < 4.78 is 5.78. The van der Waals surface area contributed by atoms with Crippen molar-refractivity contribution in [2.24, 2.45) is 0 Å². The predicted molar refractivity (Wildman–Crippen MR) is 104 cm³/mol. The second-order valence-corrected chi connectivity index (χ2v) is 5.90. The number of allylic oxidation sites excluding steroid dienone is 1. The van der Waals surface area contributed by atoms with Gasteiger partial charge in [-0.05, 0) is 55.7 Å². The molecule has 0 spiro atoms. The van der Waals surface area contributed by atoms with E-state index in [1.807, 2.05) is 49.5 Å². The fraction of sp³-hybridized carbons (Fsp3) is 0.238. The van der Waals surface area contributed by atoms with Gasteiger partial charge in [0, 0.05) is 18.1 Å². The molecule has 3 aromatic rings. The molecule has 0 unspecified atom stereocenters. The SMILES string of the molecule is C=CCCCCOc1ccc(N(C)c2ncnc3ccccc23)cc1. The van der Waals surface area contributed by atoms with E-state index >= 15 is 0 Å². The second-order valence-electron chi connectivity index (χ2n) is 5.90. The van der Waals surface area contributed by atoms with E-state index in [4.69, 9.17) is 4.74 Å². The topological polar surface area (TPSA) is 38.2 Å². The maximum atomic E-state index is 5.78. The third-order valence-corrected chi connectivity index (χ3v) is 4.13. The van der Waals surface area contributed by atoms with Gasteiger partial charge in [0.05, 0.1) is 12.1 Å². The lowest BCUT2D eigenvalue weighted by molar-refractivity contribution is 0.307. The van der Waals surface area contributed by atoms with Crippen LogP contribution in [0.4, 0.5) is 11.5 Å². The van der Waals surface area contributed by atoms with Crippen molar-refractivity contribution in [3.63, 3.8) is 0 Å². The number of anilines is 2. The maximum absolute atomic E-state index is 5.78. The predicted octanol–water partition coefficient (Wildman–Crippen LogP) is 5.13. The summed E-state index contributed by atoms with van der Waals surface area (Å²) in [7, 11) is 2.01.